The summed E-state index contributed by atoms with van der Waals surface area (Å²) in [5, 5.41) is 0. The second-order valence-corrected chi connectivity index (χ2v) is 5.06. The zero-order valence-corrected chi connectivity index (χ0v) is 12.0. The standard InChI is InChI=1S/C16H17NOS/c1-11-3-8-15(12(2)9-11)18-10-13-4-6-14(7-5-13)16(17)19/h3-9H,10H2,1-2H3,(H2,17,19). The molecule has 3 heteroatoms. The van der Waals surface area contributed by atoms with Gasteiger partial charge >= 0.3 is 0 Å². The topological polar surface area (TPSA) is 35.2 Å². The number of hydrogen-bond acceptors (Lipinski definition) is 2. The van der Waals surface area contributed by atoms with E-state index >= 15 is 0 Å². The molecule has 0 aliphatic carbocycles. The molecule has 2 rings (SSSR count). The maximum Gasteiger partial charge on any atom is 0.122 e. The van der Waals surface area contributed by atoms with Crippen molar-refractivity contribution in [1.29, 1.82) is 0 Å². The van der Waals surface area contributed by atoms with Crippen LogP contribution >= 0.6 is 12.2 Å². The highest BCUT2D eigenvalue weighted by molar-refractivity contribution is 7.80. The van der Waals surface area contributed by atoms with Crippen molar-refractivity contribution in [2.75, 3.05) is 0 Å². The summed E-state index contributed by atoms with van der Waals surface area (Å²) in [6.07, 6.45) is 0. The van der Waals surface area contributed by atoms with Gasteiger partial charge in [-0.2, -0.15) is 0 Å². The van der Waals surface area contributed by atoms with Gasteiger partial charge in [-0.15, -0.1) is 0 Å². The normalized spacial score (nSPS) is 10.2. The minimum atomic E-state index is 0.418. The van der Waals surface area contributed by atoms with Crippen LogP contribution in [0.4, 0.5) is 0 Å². The summed E-state index contributed by atoms with van der Waals surface area (Å²) in [6, 6.07) is 14.0. The molecule has 2 N–H and O–H groups in total. The van der Waals surface area contributed by atoms with Crippen LogP contribution < -0.4 is 10.5 Å². The molecule has 0 fully saturated rings. The molecule has 0 unspecified atom stereocenters. The van der Waals surface area contributed by atoms with Gasteiger partial charge in [-0.25, -0.2) is 0 Å². The quantitative estimate of drug-likeness (QED) is 0.864. The average molecular weight is 271 g/mol. The van der Waals surface area contributed by atoms with Gasteiger partial charge in [0.15, 0.2) is 0 Å². The van der Waals surface area contributed by atoms with Gasteiger partial charge in [-0.3, -0.25) is 0 Å². The Kier molecular flexibility index (Phi) is 4.17. The number of benzene rings is 2. The van der Waals surface area contributed by atoms with Crippen molar-refractivity contribution in [2.24, 2.45) is 5.73 Å². The molecule has 0 saturated heterocycles. The Labute approximate surface area is 119 Å². The van der Waals surface area contributed by atoms with E-state index in [1.807, 2.05) is 30.3 Å². The minimum absolute atomic E-state index is 0.418. The number of ether oxygens (including phenoxy) is 1. The van der Waals surface area contributed by atoms with Crippen LogP contribution in [0, 0.1) is 13.8 Å². The monoisotopic (exact) mass is 271 g/mol. The summed E-state index contributed by atoms with van der Waals surface area (Å²) < 4.78 is 5.81. The van der Waals surface area contributed by atoms with Crippen LogP contribution in [0.15, 0.2) is 42.5 Å². The lowest BCUT2D eigenvalue weighted by atomic mass is 10.1. The van der Waals surface area contributed by atoms with Crippen LogP contribution in [-0.2, 0) is 6.61 Å². The van der Waals surface area contributed by atoms with E-state index in [0.29, 0.717) is 11.6 Å². The molecule has 0 heterocycles. The maximum absolute atomic E-state index is 5.81. The van der Waals surface area contributed by atoms with Gasteiger partial charge in [0, 0.05) is 5.56 Å². The molecule has 98 valence electrons. The van der Waals surface area contributed by atoms with Crippen LogP contribution in [0.3, 0.4) is 0 Å². The molecule has 19 heavy (non-hydrogen) atoms. The molecule has 2 aromatic carbocycles. The van der Waals surface area contributed by atoms with E-state index in [2.05, 4.69) is 26.0 Å². The molecule has 0 radical (unpaired) electrons. The van der Waals surface area contributed by atoms with Crippen LogP contribution in [0.5, 0.6) is 5.75 Å². The first-order chi connectivity index (χ1) is 9.06. The molecule has 0 saturated carbocycles. The van der Waals surface area contributed by atoms with Crippen molar-refractivity contribution in [3.05, 3.63) is 64.7 Å². The predicted octanol–water partition coefficient (Wildman–Crippen LogP) is 3.52. The fraction of sp³-hybridized carbons (Fsp3) is 0.188. The molecule has 2 nitrogen and oxygen atoms in total. The Bertz CT molecular complexity index is 590. The Hall–Kier alpha value is -1.87. The molecular formula is C16H17NOS. The first kappa shape index (κ1) is 13.6. The Morgan fingerprint density at radius 3 is 2.37 bits per heavy atom. The largest absolute Gasteiger partial charge is 0.489 e. The SMILES string of the molecule is Cc1ccc(OCc2ccc(C(N)=S)cc2)c(C)c1. The Balaban J connectivity index is 2.04. The van der Waals surface area contributed by atoms with E-state index in [9.17, 15) is 0 Å². The molecular weight excluding hydrogens is 254 g/mol. The lowest BCUT2D eigenvalue weighted by molar-refractivity contribution is 0.304. The third kappa shape index (κ3) is 3.55. The minimum Gasteiger partial charge on any atom is -0.489 e. The van der Waals surface area contributed by atoms with Crippen LogP contribution in [-0.4, -0.2) is 4.99 Å². The molecule has 0 spiro atoms. The fourth-order valence-corrected chi connectivity index (χ4v) is 2.02. The fourth-order valence-electron chi connectivity index (χ4n) is 1.89. The van der Waals surface area contributed by atoms with E-state index in [4.69, 9.17) is 22.7 Å². The number of aryl methyl sites for hydroxylation is 2. The molecule has 0 atom stereocenters. The zero-order chi connectivity index (χ0) is 13.8. The highest BCUT2D eigenvalue weighted by Gasteiger charge is 2.01. The highest BCUT2D eigenvalue weighted by atomic mass is 32.1. The van der Waals surface area contributed by atoms with Gasteiger partial charge in [0.2, 0.25) is 0 Å². The molecule has 0 amide bonds. The van der Waals surface area contributed by atoms with Crippen molar-refractivity contribution < 1.29 is 4.74 Å². The van der Waals surface area contributed by atoms with Gasteiger partial charge in [0.05, 0.1) is 0 Å². The van der Waals surface area contributed by atoms with E-state index in [1.165, 1.54) is 5.56 Å². The van der Waals surface area contributed by atoms with Crippen molar-refractivity contribution in [1.82, 2.24) is 0 Å². The summed E-state index contributed by atoms with van der Waals surface area (Å²) >= 11 is 4.92. The Morgan fingerprint density at radius 1 is 1.11 bits per heavy atom. The van der Waals surface area contributed by atoms with Gasteiger partial charge < -0.3 is 10.5 Å². The predicted molar refractivity (Wildman–Crippen MR) is 82.6 cm³/mol. The molecule has 0 aliphatic heterocycles. The maximum atomic E-state index is 5.81. The van der Waals surface area contributed by atoms with Gasteiger partial charge in [-0.05, 0) is 31.0 Å². The molecule has 0 bridgehead atoms. The Morgan fingerprint density at radius 2 is 1.79 bits per heavy atom. The third-order valence-corrected chi connectivity index (χ3v) is 3.20. The summed E-state index contributed by atoms with van der Waals surface area (Å²) in [4.78, 5) is 0.418. The van der Waals surface area contributed by atoms with Gasteiger partial charge in [0.25, 0.3) is 0 Å². The molecule has 2 aromatic rings. The smallest absolute Gasteiger partial charge is 0.122 e. The second kappa shape index (κ2) is 5.85. The number of rotatable bonds is 4. The van der Waals surface area contributed by atoms with Crippen molar-refractivity contribution in [3.8, 4) is 5.75 Å². The van der Waals surface area contributed by atoms with Crippen LogP contribution in [0.2, 0.25) is 0 Å². The third-order valence-electron chi connectivity index (χ3n) is 2.96. The van der Waals surface area contributed by atoms with Gasteiger partial charge in [-0.1, -0.05) is 54.2 Å². The van der Waals surface area contributed by atoms with E-state index in [1.54, 1.807) is 0 Å². The van der Waals surface area contributed by atoms with Crippen molar-refractivity contribution >= 4 is 17.2 Å². The van der Waals surface area contributed by atoms with Crippen LogP contribution in [0.25, 0.3) is 0 Å². The average Bonchev–Trinajstić information content (AvgIpc) is 2.38. The first-order valence-electron chi connectivity index (χ1n) is 6.15. The van der Waals surface area contributed by atoms with Gasteiger partial charge in [0.1, 0.15) is 17.3 Å². The number of hydrogen-bond donors (Lipinski definition) is 1. The van der Waals surface area contributed by atoms with Crippen LogP contribution in [0.1, 0.15) is 22.3 Å². The van der Waals surface area contributed by atoms with Crippen molar-refractivity contribution in [3.63, 3.8) is 0 Å². The first-order valence-corrected chi connectivity index (χ1v) is 6.56. The lowest BCUT2D eigenvalue weighted by Crippen LogP contribution is -2.09. The van der Waals surface area contributed by atoms with E-state index < -0.39 is 0 Å². The van der Waals surface area contributed by atoms with Crippen molar-refractivity contribution in [2.45, 2.75) is 20.5 Å². The molecule has 0 aliphatic rings. The lowest BCUT2D eigenvalue weighted by Gasteiger charge is -2.10. The number of nitrogens with two attached hydrogens (primary N) is 1. The summed E-state index contributed by atoms with van der Waals surface area (Å²) in [5.41, 5.74) is 9.93. The van der Waals surface area contributed by atoms with E-state index in [-0.39, 0.29) is 0 Å². The summed E-state index contributed by atoms with van der Waals surface area (Å²) in [6.45, 7) is 4.67. The highest BCUT2D eigenvalue weighted by Crippen LogP contribution is 2.20. The summed E-state index contributed by atoms with van der Waals surface area (Å²) in [7, 11) is 0. The second-order valence-electron chi connectivity index (χ2n) is 4.62. The zero-order valence-electron chi connectivity index (χ0n) is 11.1. The molecule has 0 aromatic heterocycles. The summed E-state index contributed by atoms with van der Waals surface area (Å²) in [5.74, 6) is 0.920. The number of thiocarbonyl (C=S) groups is 1. The van der Waals surface area contributed by atoms with E-state index in [0.717, 1.165) is 22.4 Å².